The fraction of sp³-hybridized carbons (Fsp3) is 0.571. The molecule has 1 fully saturated rings. The number of hydrogen-bond donors (Lipinski definition) is 1. The van der Waals surface area contributed by atoms with E-state index in [1.807, 2.05) is 18.2 Å². The van der Waals surface area contributed by atoms with Gasteiger partial charge in [-0.2, -0.15) is 0 Å². The van der Waals surface area contributed by atoms with E-state index in [-0.39, 0.29) is 0 Å². The van der Waals surface area contributed by atoms with Crippen molar-refractivity contribution in [3.8, 4) is 0 Å². The van der Waals surface area contributed by atoms with Gasteiger partial charge < -0.3 is 5.11 Å². The molecular weight excluding hydrogens is 300 g/mol. The van der Waals surface area contributed by atoms with E-state index in [9.17, 15) is 5.11 Å². The molecule has 1 aliphatic carbocycles. The molecule has 1 unspecified atom stereocenters. The van der Waals surface area contributed by atoms with Crippen LogP contribution in [0, 0.1) is 5.92 Å². The molecule has 3 heteroatoms. The smallest absolute Gasteiger partial charge is 0.0818 e. The molecule has 0 heterocycles. The van der Waals surface area contributed by atoms with Gasteiger partial charge in [-0.05, 0) is 24.5 Å². The highest BCUT2D eigenvalue weighted by atomic mass is 79.9. The van der Waals surface area contributed by atoms with Crippen LogP contribution in [0.5, 0.6) is 0 Å². The molecule has 1 atom stereocenters. The summed E-state index contributed by atoms with van der Waals surface area (Å²) < 4.78 is 0.910. The van der Waals surface area contributed by atoms with Crippen LogP contribution in [0.25, 0.3) is 0 Å². The maximum atomic E-state index is 10.3. The molecule has 0 amide bonds. The first kappa shape index (κ1) is 13.4. The van der Waals surface area contributed by atoms with E-state index in [1.165, 1.54) is 32.1 Å². The largest absolute Gasteiger partial charge is 0.388 e. The van der Waals surface area contributed by atoms with E-state index in [2.05, 4.69) is 15.9 Å². The van der Waals surface area contributed by atoms with Crippen LogP contribution in [-0.2, 0) is 0 Å². The highest BCUT2D eigenvalue weighted by Gasteiger charge is 2.21. The second-order valence-corrected chi connectivity index (χ2v) is 6.15. The molecule has 1 aromatic carbocycles. The molecule has 17 heavy (non-hydrogen) atoms. The van der Waals surface area contributed by atoms with Crippen LogP contribution in [0.4, 0.5) is 0 Å². The quantitative estimate of drug-likeness (QED) is 0.821. The Balaban J connectivity index is 2.05. The maximum absolute atomic E-state index is 10.3. The monoisotopic (exact) mass is 316 g/mol. The van der Waals surface area contributed by atoms with Crippen molar-refractivity contribution in [2.24, 2.45) is 5.92 Å². The van der Waals surface area contributed by atoms with Crippen LogP contribution in [0.2, 0.25) is 5.02 Å². The van der Waals surface area contributed by atoms with Crippen LogP contribution in [0.15, 0.2) is 22.7 Å². The Morgan fingerprint density at radius 1 is 1.29 bits per heavy atom. The Kier molecular flexibility index (Phi) is 4.89. The Hall–Kier alpha value is -0.0500. The van der Waals surface area contributed by atoms with Gasteiger partial charge in [0.15, 0.2) is 0 Å². The molecule has 0 radical (unpaired) electrons. The van der Waals surface area contributed by atoms with Crippen molar-refractivity contribution >= 4 is 27.5 Å². The summed E-state index contributed by atoms with van der Waals surface area (Å²) in [4.78, 5) is 0. The molecule has 1 aliphatic rings. The topological polar surface area (TPSA) is 20.2 Å². The summed E-state index contributed by atoms with van der Waals surface area (Å²) in [6.07, 6.45) is 6.85. The van der Waals surface area contributed by atoms with E-state index >= 15 is 0 Å². The lowest BCUT2D eigenvalue weighted by Crippen LogP contribution is -2.11. The van der Waals surface area contributed by atoms with Gasteiger partial charge in [0, 0.05) is 15.1 Å². The van der Waals surface area contributed by atoms with Crippen LogP contribution >= 0.6 is 27.5 Å². The van der Waals surface area contributed by atoms with Gasteiger partial charge in [-0.3, -0.25) is 0 Å². The van der Waals surface area contributed by atoms with Crippen molar-refractivity contribution in [3.63, 3.8) is 0 Å². The SMILES string of the molecule is OC(CC1CCCCC1)c1c(Cl)cccc1Br. The van der Waals surface area contributed by atoms with Crippen molar-refractivity contribution in [3.05, 3.63) is 33.3 Å². The third kappa shape index (κ3) is 3.46. The summed E-state index contributed by atoms with van der Waals surface area (Å²) >= 11 is 9.62. The van der Waals surface area contributed by atoms with E-state index in [0.29, 0.717) is 10.9 Å². The predicted molar refractivity (Wildman–Crippen MR) is 75.3 cm³/mol. The molecule has 1 nitrogen and oxygen atoms in total. The van der Waals surface area contributed by atoms with Crippen LogP contribution in [-0.4, -0.2) is 5.11 Å². The summed E-state index contributed by atoms with van der Waals surface area (Å²) in [5.41, 5.74) is 0.847. The second kappa shape index (κ2) is 6.21. The molecule has 1 aromatic rings. The van der Waals surface area contributed by atoms with Gasteiger partial charge in [0.1, 0.15) is 0 Å². The van der Waals surface area contributed by atoms with Crippen LogP contribution in [0.1, 0.15) is 50.2 Å². The standard InChI is InChI=1S/C14H18BrClO/c15-11-7-4-8-12(16)14(11)13(17)9-10-5-2-1-3-6-10/h4,7-8,10,13,17H,1-3,5-6,9H2. The molecule has 94 valence electrons. The first-order chi connectivity index (χ1) is 8.18. The Bertz CT molecular complexity index is 354. The lowest BCUT2D eigenvalue weighted by atomic mass is 9.84. The first-order valence-electron chi connectivity index (χ1n) is 6.30. The Morgan fingerprint density at radius 3 is 2.65 bits per heavy atom. The van der Waals surface area contributed by atoms with E-state index in [0.717, 1.165) is 16.5 Å². The lowest BCUT2D eigenvalue weighted by Gasteiger charge is -2.25. The van der Waals surface area contributed by atoms with Gasteiger partial charge in [0.25, 0.3) is 0 Å². The van der Waals surface area contributed by atoms with Gasteiger partial charge in [0.05, 0.1) is 6.10 Å². The molecule has 1 saturated carbocycles. The molecule has 0 aliphatic heterocycles. The number of aliphatic hydroxyl groups excluding tert-OH is 1. The van der Waals surface area contributed by atoms with Gasteiger partial charge in [0.2, 0.25) is 0 Å². The summed E-state index contributed by atoms with van der Waals surface area (Å²) in [7, 11) is 0. The molecule has 0 spiro atoms. The number of halogens is 2. The van der Waals surface area contributed by atoms with E-state index in [1.54, 1.807) is 0 Å². The third-order valence-corrected chi connectivity index (χ3v) is 4.64. The Labute approximate surface area is 116 Å². The fourth-order valence-electron chi connectivity index (χ4n) is 2.69. The van der Waals surface area contributed by atoms with Crippen molar-refractivity contribution in [2.75, 3.05) is 0 Å². The van der Waals surface area contributed by atoms with Gasteiger partial charge >= 0.3 is 0 Å². The predicted octanol–water partition coefficient (Wildman–Crippen LogP) is 5.11. The highest BCUT2D eigenvalue weighted by molar-refractivity contribution is 9.10. The summed E-state index contributed by atoms with van der Waals surface area (Å²) in [5.74, 6) is 0.655. The third-order valence-electron chi connectivity index (χ3n) is 3.61. The minimum absolute atomic E-state index is 0.443. The zero-order valence-electron chi connectivity index (χ0n) is 9.83. The minimum atomic E-state index is -0.443. The van der Waals surface area contributed by atoms with Gasteiger partial charge in [-0.25, -0.2) is 0 Å². The highest BCUT2D eigenvalue weighted by Crippen LogP contribution is 2.37. The molecule has 0 saturated heterocycles. The van der Waals surface area contributed by atoms with Crippen molar-refractivity contribution in [1.82, 2.24) is 0 Å². The first-order valence-corrected chi connectivity index (χ1v) is 7.47. The molecule has 0 bridgehead atoms. The van der Waals surface area contributed by atoms with Gasteiger partial charge in [-0.15, -0.1) is 0 Å². The Morgan fingerprint density at radius 2 is 2.00 bits per heavy atom. The zero-order valence-corrected chi connectivity index (χ0v) is 12.2. The number of benzene rings is 1. The molecule has 1 N–H and O–H groups in total. The molecule has 0 aromatic heterocycles. The maximum Gasteiger partial charge on any atom is 0.0818 e. The van der Waals surface area contributed by atoms with E-state index in [4.69, 9.17) is 11.6 Å². The minimum Gasteiger partial charge on any atom is -0.388 e. The molecular formula is C14H18BrClO. The fourth-order valence-corrected chi connectivity index (χ4v) is 3.73. The zero-order chi connectivity index (χ0) is 12.3. The van der Waals surface area contributed by atoms with Crippen molar-refractivity contribution in [2.45, 2.75) is 44.6 Å². The second-order valence-electron chi connectivity index (χ2n) is 4.89. The van der Waals surface area contributed by atoms with Crippen molar-refractivity contribution in [1.29, 1.82) is 0 Å². The number of aliphatic hydroxyl groups is 1. The average molecular weight is 318 g/mol. The summed E-state index contributed by atoms with van der Waals surface area (Å²) in [5, 5.41) is 11.0. The van der Waals surface area contributed by atoms with Crippen molar-refractivity contribution < 1.29 is 5.11 Å². The number of hydrogen-bond acceptors (Lipinski definition) is 1. The van der Waals surface area contributed by atoms with E-state index < -0.39 is 6.10 Å². The summed E-state index contributed by atoms with van der Waals surface area (Å²) in [6.45, 7) is 0. The normalized spacial score (nSPS) is 19.2. The summed E-state index contributed by atoms with van der Waals surface area (Å²) in [6, 6.07) is 5.67. The van der Waals surface area contributed by atoms with Gasteiger partial charge in [-0.1, -0.05) is 65.7 Å². The lowest BCUT2D eigenvalue weighted by molar-refractivity contribution is 0.131. The average Bonchev–Trinajstić information content (AvgIpc) is 2.30. The van der Waals surface area contributed by atoms with Crippen LogP contribution in [0.3, 0.4) is 0 Å². The molecule has 2 rings (SSSR count). The van der Waals surface area contributed by atoms with Crippen LogP contribution < -0.4 is 0 Å². The number of rotatable bonds is 3.